The topological polar surface area (TPSA) is 166 Å². The fourth-order valence-corrected chi connectivity index (χ4v) is 7.54. The average Bonchev–Trinajstić information content (AvgIpc) is 3.25. The number of halogens is 1. The second-order valence-corrected chi connectivity index (χ2v) is 14.9. The predicted molar refractivity (Wildman–Crippen MR) is 217 cm³/mol. The molecule has 0 aromatic heterocycles. The SMILES string of the molecule is CC(=O)OC[C@H]1O[C@@H](O[C@H]2[C@H](OCc3ccccc3)[C@@H](N=[N+]=[N-])[C@@H](Br)O[C@@H]2COC(C)=O)[C@@H](OCc2ccccc2)[C@@H](OCc2ccccc2)[C@@H]1OCc1ccccc1. The van der Waals surface area contributed by atoms with E-state index in [4.69, 9.17) is 42.6 Å². The molecule has 0 radical (unpaired) electrons. The highest BCUT2D eigenvalue weighted by Crippen LogP contribution is 2.37. The van der Waals surface area contributed by atoms with Crippen LogP contribution in [0.3, 0.4) is 0 Å². The van der Waals surface area contributed by atoms with Gasteiger partial charge < -0.3 is 42.6 Å². The molecule has 2 aliphatic heterocycles. The molecule has 0 saturated carbocycles. The van der Waals surface area contributed by atoms with Gasteiger partial charge in [0.05, 0.1) is 32.5 Å². The van der Waals surface area contributed by atoms with Gasteiger partial charge in [-0.05, 0) is 27.8 Å². The Bertz CT molecular complexity index is 1930. The van der Waals surface area contributed by atoms with Gasteiger partial charge in [-0.3, -0.25) is 9.59 Å². The zero-order chi connectivity index (χ0) is 41.4. The first-order valence-corrected chi connectivity index (χ1v) is 20.2. The second kappa shape index (κ2) is 22.6. The third-order valence-electron chi connectivity index (χ3n) is 9.71. The van der Waals surface area contributed by atoms with Crippen LogP contribution in [0.25, 0.3) is 10.4 Å². The van der Waals surface area contributed by atoms with Gasteiger partial charge in [0.1, 0.15) is 60.9 Å². The largest absolute Gasteiger partial charge is 0.463 e. The number of hydrogen-bond acceptors (Lipinski definition) is 12. The van der Waals surface area contributed by atoms with E-state index < -0.39 is 72.0 Å². The highest BCUT2D eigenvalue weighted by atomic mass is 79.9. The maximum absolute atomic E-state index is 12.3. The first-order valence-electron chi connectivity index (χ1n) is 19.3. The monoisotopic (exact) mass is 873 g/mol. The van der Waals surface area contributed by atoms with Crippen LogP contribution >= 0.6 is 15.9 Å². The molecule has 0 spiro atoms. The molecule has 0 aliphatic carbocycles. The van der Waals surface area contributed by atoms with Crippen LogP contribution in [-0.2, 0) is 78.6 Å². The molecule has 0 bridgehead atoms. The van der Waals surface area contributed by atoms with Gasteiger partial charge in [-0.15, -0.1) is 0 Å². The number of ether oxygens (including phenoxy) is 9. The van der Waals surface area contributed by atoms with Gasteiger partial charge in [0.25, 0.3) is 0 Å². The van der Waals surface area contributed by atoms with Crippen molar-refractivity contribution in [3.8, 4) is 0 Å². The number of alkyl halides is 1. The first kappa shape index (κ1) is 43.9. The summed E-state index contributed by atoms with van der Waals surface area (Å²) < 4.78 is 57.8. The van der Waals surface area contributed by atoms with Gasteiger partial charge in [0.15, 0.2) is 6.29 Å². The number of benzene rings is 4. The molecule has 4 aromatic rings. The lowest BCUT2D eigenvalue weighted by molar-refractivity contribution is -0.352. The number of esters is 2. The minimum absolute atomic E-state index is 0.121. The fourth-order valence-electron chi connectivity index (χ4n) is 6.86. The van der Waals surface area contributed by atoms with Crippen molar-refractivity contribution in [3.63, 3.8) is 0 Å². The van der Waals surface area contributed by atoms with Crippen LogP contribution in [0, 0.1) is 0 Å². The second-order valence-electron chi connectivity index (χ2n) is 14.0. The number of carbonyl (C=O) groups is 2. The van der Waals surface area contributed by atoms with Crippen LogP contribution in [0.4, 0.5) is 0 Å². The molecule has 312 valence electrons. The van der Waals surface area contributed by atoms with Crippen LogP contribution in [0.5, 0.6) is 0 Å². The third-order valence-corrected chi connectivity index (χ3v) is 10.5. The zero-order valence-electron chi connectivity index (χ0n) is 32.8. The van der Waals surface area contributed by atoms with Crippen LogP contribution in [0.2, 0.25) is 0 Å². The van der Waals surface area contributed by atoms with Gasteiger partial charge in [0.2, 0.25) is 0 Å². The minimum atomic E-state index is -1.26. The van der Waals surface area contributed by atoms with E-state index in [1.807, 2.05) is 121 Å². The lowest BCUT2D eigenvalue weighted by atomic mass is 9.95. The van der Waals surface area contributed by atoms with E-state index in [2.05, 4.69) is 26.0 Å². The predicted octanol–water partition coefficient (Wildman–Crippen LogP) is 7.36. The van der Waals surface area contributed by atoms with Gasteiger partial charge in [-0.25, -0.2) is 0 Å². The Labute approximate surface area is 351 Å². The van der Waals surface area contributed by atoms with E-state index in [1.54, 1.807) is 0 Å². The number of nitrogens with zero attached hydrogens (tertiary/aromatic N) is 3. The first-order chi connectivity index (χ1) is 28.8. The van der Waals surface area contributed by atoms with Crippen molar-refractivity contribution in [1.29, 1.82) is 0 Å². The quantitative estimate of drug-likeness (QED) is 0.0304. The average molecular weight is 875 g/mol. The van der Waals surface area contributed by atoms with Crippen molar-refractivity contribution in [2.45, 2.75) is 100 Å². The van der Waals surface area contributed by atoms with Crippen LogP contribution in [0.1, 0.15) is 36.1 Å². The Balaban J connectivity index is 1.41. The van der Waals surface area contributed by atoms with Gasteiger partial charge >= 0.3 is 11.9 Å². The van der Waals surface area contributed by atoms with E-state index >= 15 is 0 Å². The molecule has 0 N–H and O–H groups in total. The highest BCUT2D eigenvalue weighted by molar-refractivity contribution is 9.09. The summed E-state index contributed by atoms with van der Waals surface area (Å²) in [7, 11) is 0. The summed E-state index contributed by atoms with van der Waals surface area (Å²) in [6, 6.07) is 37.4. The van der Waals surface area contributed by atoms with Crippen molar-refractivity contribution in [1.82, 2.24) is 0 Å². The van der Waals surface area contributed by atoms with Gasteiger partial charge in [0, 0.05) is 18.8 Å². The van der Waals surface area contributed by atoms with E-state index in [0.717, 1.165) is 22.3 Å². The summed E-state index contributed by atoms with van der Waals surface area (Å²) in [6.07, 6.45) is -7.89. The van der Waals surface area contributed by atoms with Crippen molar-refractivity contribution in [2.75, 3.05) is 13.2 Å². The Morgan fingerprint density at radius 2 is 0.966 bits per heavy atom. The molecule has 15 heteroatoms. The lowest BCUT2D eigenvalue weighted by Gasteiger charge is -2.49. The maximum Gasteiger partial charge on any atom is 0.302 e. The zero-order valence-corrected chi connectivity index (χ0v) is 34.4. The molecular weight excluding hydrogens is 826 g/mol. The molecule has 10 atom stereocenters. The smallest absolute Gasteiger partial charge is 0.302 e. The molecule has 2 heterocycles. The summed E-state index contributed by atoms with van der Waals surface area (Å²) in [5, 5.41) is 3.21. The Morgan fingerprint density at radius 1 is 0.576 bits per heavy atom. The molecule has 0 unspecified atom stereocenters. The third kappa shape index (κ3) is 12.9. The standard InChI is InChI=1S/C44H48BrN3O11/c1-29(49)51-27-35-38(53-23-31-15-7-3-8-16-31)41(55-25-33-19-11-5-12-20-33)42(56-26-34-21-13-6-14-22-34)44(58-35)59-39-36(28-52-30(2)50)57-43(45)37(47-48-46)40(39)54-24-32-17-9-4-10-18-32/h3-22,35-44H,23-28H2,1-2H3/t35-,36-,37-,38-,39-,40-,41+,42+,43+,44+/m1/s1. The molecule has 59 heavy (non-hydrogen) atoms. The summed E-state index contributed by atoms with van der Waals surface area (Å²) >= 11 is 3.52. The Morgan fingerprint density at radius 3 is 1.39 bits per heavy atom. The molecule has 6 rings (SSSR count). The molecule has 2 fully saturated rings. The van der Waals surface area contributed by atoms with Crippen molar-refractivity contribution in [3.05, 3.63) is 154 Å². The van der Waals surface area contributed by atoms with Crippen molar-refractivity contribution < 1.29 is 52.2 Å². The summed E-state index contributed by atoms with van der Waals surface area (Å²) in [4.78, 5) is 27.5. The summed E-state index contributed by atoms with van der Waals surface area (Å²) in [5.41, 5.74) is 13.2. The molecule has 2 saturated heterocycles. The van der Waals surface area contributed by atoms with Crippen molar-refractivity contribution in [2.24, 2.45) is 5.11 Å². The molecule has 2 aliphatic rings. The van der Waals surface area contributed by atoms with Crippen LogP contribution in [-0.4, -0.2) is 85.2 Å². The highest BCUT2D eigenvalue weighted by Gasteiger charge is 2.54. The number of azide groups is 1. The number of rotatable bonds is 19. The van der Waals surface area contributed by atoms with Crippen LogP contribution < -0.4 is 0 Å². The maximum atomic E-state index is 12.3. The molecule has 0 amide bonds. The van der Waals surface area contributed by atoms with E-state index in [9.17, 15) is 15.1 Å². The van der Waals surface area contributed by atoms with E-state index in [0.29, 0.717) is 0 Å². The van der Waals surface area contributed by atoms with Crippen molar-refractivity contribution >= 4 is 27.9 Å². The Kier molecular flexibility index (Phi) is 16.8. The van der Waals surface area contributed by atoms with Gasteiger partial charge in [-0.1, -0.05) is 142 Å². The Hall–Kier alpha value is -4.67. The lowest BCUT2D eigenvalue weighted by Crippen LogP contribution is -2.65. The molecular formula is C44H48BrN3O11. The molecule has 14 nitrogen and oxygen atoms in total. The number of hydrogen-bond donors (Lipinski definition) is 0. The minimum Gasteiger partial charge on any atom is -0.463 e. The van der Waals surface area contributed by atoms with E-state index in [1.165, 1.54) is 13.8 Å². The summed E-state index contributed by atoms with van der Waals surface area (Å²) in [5.74, 6) is -1.06. The number of carbonyl (C=O) groups excluding carboxylic acids is 2. The normalized spacial score (nSPS) is 26.6. The van der Waals surface area contributed by atoms with E-state index in [-0.39, 0.29) is 39.6 Å². The fraction of sp³-hybridized carbons (Fsp3) is 0.409. The van der Waals surface area contributed by atoms with Crippen LogP contribution in [0.15, 0.2) is 126 Å². The molecule has 4 aromatic carbocycles. The van der Waals surface area contributed by atoms with Gasteiger partial charge in [-0.2, -0.15) is 0 Å². The summed E-state index contributed by atoms with van der Waals surface area (Å²) in [6.45, 7) is 2.78.